The maximum atomic E-state index is 13.5. The molecule has 0 atom stereocenters. The van der Waals surface area contributed by atoms with Gasteiger partial charge in [0.1, 0.15) is 15.7 Å². The minimum absolute atomic E-state index is 0.136. The van der Waals surface area contributed by atoms with Gasteiger partial charge in [0, 0.05) is 6.26 Å². The van der Waals surface area contributed by atoms with Gasteiger partial charge >= 0.3 is 5.97 Å². The lowest BCUT2D eigenvalue weighted by molar-refractivity contribution is 0.0691. The van der Waals surface area contributed by atoms with E-state index in [0.717, 1.165) is 12.3 Å². The van der Waals surface area contributed by atoms with Crippen molar-refractivity contribution >= 4 is 25.6 Å². The fourth-order valence-corrected chi connectivity index (χ4v) is 4.43. The maximum Gasteiger partial charge on any atom is 0.338 e. The van der Waals surface area contributed by atoms with Crippen LogP contribution >= 0.6 is 0 Å². The summed E-state index contributed by atoms with van der Waals surface area (Å²) >= 11 is 0. The lowest BCUT2D eigenvalue weighted by Gasteiger charge is -2.08. The number of aromatic carboxylic acids is 1. The van der Waals surface area contributed by atoms with E-state index in [9.17, 15) is 26.0 Å². The van der Waals surface area contributed by atoms with E-state index >= 15 is 0 Å². The molecule has 1 aromatic rings. The molecule has 112 valence electrons. The third-order valence-corrected chi connectivity index (χ3v) is 5.44. The Hall–Kier alpha value is -1.48. The average molecular weight is 324 g/mol. The Morgan fingerprint density at radius 2 is 1.75 bits per heavy atom. The van der Waals surface area contributed by atoms with Gasteiger partial charge in [-0.05, 0) is 24.6 Å². The molecule has 0 aliphatic carbocycles. The zero-order valence-electron chi connectivity index (χ0n) is 10.8. The van der Waals surface area contributed by atoms with Crippen LogP contribution in [0.4, 0.5) is 4.39 Å². The van der Waals surface area contributed by atoms with Crippen molar-refractivity contribution in [2.24, 2.45) is 0 Å². The predicted octanol–water partition coefficient (Wildman–Crippen LogP) is 0.651. The number of sulfone groups is 2. The molecule has 1 rings (SSSR count). The smallest absolute Gasteiger partial charge is 0.338 e. The van der Waals surface area contributed by atoms with Gasteiger partial charge < -0.3 is 5.11 Å². The molecular formula is C11H13FO6S2. The van der Waals surface area contributed by atoms with Gasteiger partial charge in [-0.25, -0.2) is 26.0 Å². The topological polar surface area (TPSA) is 106 Å². The SMILES string of the molecule is Cc1cc(S(=O)(=O)CCS(C)(=O)=O)cc(C(=O)O)c1F. The Kier molecular flexibility index (Phi) is 4.55. The van der Waals surface area contributed by atoms with E-state index in [2.05, 4.69) is 0 Å². The number of benzene rings is 1. The molecule has 0 bridgehead atoms. The van der Waals surface area contributed by atoms with E-state index < -0.39 is 53.4 Å². The highest BCUT2D eigenvalue weighted by atomic mass is 32.2. The molecule has 9 heteroatoms. The number of carboxylic acid groups (broad SMARTS) is 1. The van der Waals surface area contributed by atoms with Crippen molar-refractivity contribution in [3.05, 3.63) is 29.1 Å². The van der Waals surface area contributed by atoms with Crippen molar-refractivity contribution in [3.63, 3.8) is 0 Å². The normalized spacial score (nSPS) is 12.3. The summed E-state index contributed by atoms with van der Waals surface area (Å²) in [7, 11) is -7.48. The Bertz CT molecular complexity index is 749. The minimum Gasteiger partial charge on any atom is -0.478 e. The molecule has 0 saturated heterocycles. The highest BCUT2D eigenvalue weighted by Gasteiger charge is 2.22. The number of halogens is 1. The fourth-order valence-electron chi connectivity index (χ4n) is 1.45. The Balaban J connectivity index is 3.30. The monoisotopic (exact) mass is 324 g/mol. The summed E-state index contributed by atoms with van der Waals surface area (Å²) in [4.78, 5) is 10.4. The van der Waals surface area contributed by atoms with E-state index in [1.54, 1.807) is 0 Å². The molecule has 6 nitrogen and oxygen atoms in total. The van der Waals surface area contributed by atoms with Gasteiger partial charge in [-0.1, -0.05) is 0 Å². The molecule has 0 aromatic heterocycles. The third-order valence-electron chi connectivity index (χ3n) is 2.54. The number of aryl methyl sites for hydroxylation is 1. The summed E-state index contributed by atoms with van der Waals surface area (Å²) in [5.41, 5.74) is -0.897. The first-order valence-corrected chi connectivity index (χ1v) is 9.09. The van der Waals surface area contributed by atoms with Crippen LogP contribution in [0.1, 0.15) is 15.9 Å². The van der Waals surface area contributed by atoms with Gasteiger partial charge in [-0.3, -0.25) is 0 Å². The summed E-state index contributed by atoms with van der Waals surface area (Å²) in [5, 5.41) is 8.81. The van der Waals surface area contributed by atoms with Crippen LogP contribution < -0.4 is 0 Å². The maximum absolute atomic E-state index is 13.5. The van der Waals surface area contributed by atoms with E-state index in [4.69, 9.17) is 5.11 Å². The molecule has 0 amide bonds. The second-order valence-corrected chi connectivity index (χ2v) is 8.72. The third kappa shape index (κ3) is 4.01. The Morgan fingerprint density at radius 3 is 2.20 bits per heavy atom. The summed E-state index contributed by atoms with van der Waals surface area (Å²) < 4.78 is 59.4. The molecular weight excluding hydrogens is 311 g/mol. The lowest BCUT2D eigenvalue weighted by atomic mass is 10.1. The van der Waals surface area contributed by atoms with Crippen LogP contribution in [0.2, 0.25) is 0 Å². The molecule has 0 aliphatic heterocycles. The van der Waals surface area contributed by atoms with Gasteiger partial charge in [0.15, 0.2) is 9.84 Å². The van der Waals surface area contributed by atoms with Crippen LogP contribution in [-0.2, 0) is 19.7 Å². The van der Waals surface area contributed by atoms with Crippen LogP contribution in [-0.4, -0.2) is 45.7 Å². The number of carboxylic acids is 1. The highest BCUT2D eigenvalue weighted by Crippen LogP contribution is 2.20. The van der Waals surface area contributed by atoms with Crippen LogP contribution in [0.3, 0.4) is 0 Å². The van der Waals surface area contributed by atoms with Gasteiger partial charge in [-0.2, -0.15) is 0 Å². The van der Waals surface area contributed by atoms with E-state index in [-0.39, 0.29) is 5.56 Å². The summed E-state index contributed by atoms with van der Waals surface area (Å²) in [6.07, 6.45) is 0.890. The second kappa shape index (κ2) is 5.49. The van der Waals surface area contributed by atoms with Gasteiger partial charge in [0.05, 0.1) is 22.0 Å². The Labute approximate surface area is 116 Å². The largest absolute Gasteiger partial charge is 0.478 e. The summed E-state index contributed by atoms with van der Waals surface area (Å²) in [6, 6.07) is 1.68. The van der Waals surface area contributed by atoms with Gasteiger partial charge in [-0.15, -0.1) is 0 Å². The molecule has 0 radical (unpaired) electrons. The molecule has 20 heavy (non-hydrogen) atoms. The van der Waals surface area contributed by atoms with Crippen molar-refractivity contribution in [2.75, 3.05) is 17.8 Å². The van der Waals surface area contributed by atoms with Crippen LogP contribution in [0.15, 0.2) is 17.0 Å². The summed E-state index contributed by atoms with van der Waals surface area (Å²) in [5.74, 6) is -3.88. The molecule has 0 aliphatic rings. The number of carbonyl (C=O) groups is 1. The molecule has 0 fully saturated rings. The molecule has 1 aromatic carbocycles. The van der Waals surface area contributed by atoms with E-state index in [1.807, 2.05) is 0 Å². The standard InChI is InChI=1S/C11H13FO6S2/c1-7-5-8(6-9(10(7)12)11(13)14)20(17,18)4-3-19(2,15)16/h5-6H,3-4H2,1-2H3,(H,13,14). The van der Waals surface area contributed by atoms with Crippen molar-refractivity contribution in [2.45, 2.75) is 11.8 Å². The van der Waals surface area contributed by atoms with E-state index in [1.165, 1.54) is 6.92 Å². The number of hydrogen-bond donors (Lipinski definition) is 1. The predicted molar refractivity (Wildman–Crippen MR) is 69.9 cm³/mol. The summed E-state index contributed by atoms with van der Waals surface area (Å²) in [6.45, 7) is 1.23. The first-order chi connectivity index (χ1) is 8.94. The average Bonchev–Trinajstić information content (AvgIpc) is 2.28. The lowest BCUT2D eigenvalue weighted by Crippen LogP contribution is -2.17. The molecule has 0 heterocycles. The van der Waals surface area contributed by atoms with Crippen molar-refractivity contribution in [3.8, 4) is 0 Å². The van der Waals surface area contributed by atoms with Crippen molar-refractivity contribution in [1.29, 1.82) is 0 Å². The number of hydrogen-bond acceptors (Lipinski definition) is 5. The number of rotatable bonds is 5. The van der Waals surface area contributed by atoms with Crippen LogP contribution in [0, 0.1) is 12.7 Å². The zero-order valence-corrected chi connectivity index (χ0v) is 12.4. The fraction of sp³-hybridized carbons (Fsp3) is 0.364. The van der Waals surface area contributed by atoms with Crippen LogP contribution in [0.25, 0.3) is 0 Å². The second-order valence-electron chi connectivity index (χ2n) is 4.36. The first kappa shape index (κ1) is 16.6. The molecule has 0 spiro atoms. The van der Waals surface area contributed by atoms with Crippen molar-refractivity contribution in [1.82, 2.24) is 0 Å². The molecule has 1 N–H and O–H groups in total. The molecule has 0 saturated carbocycles. The molecule has 0 unspecified atom stereocenters. The van der Waals surface area contributed by atoms with Gasteiger partial charge in [0.25, 0.3) is 0 Å². The Morgan fingerprint density at radius 1 is 1.20 bits per heavy atom. The van der Waals surface area contributed by atoms with E-state index in [0.29, 0.717) is 6.07 Å². The zero-order chi connectivity index (χ0) is 15.7. The quantitative estimate of drug-likeness (QED) is 0.797. The minimum atomic E-state index is -4.00. The first-order valence-electron chi connectivity index (χ1n) is 5.38. The van der Waals surface area contributed by atoms with Crippen LogP contribution in [0.5, 0.6) is 0 Å². The van der Waals surface area contributed by atoms with Gasteiger partial charge in [0.2, 0.25) is 0 Å². The van der Waals surface area contributed by atoms with Crippen molar-refractivity contribution < 1.29 is 31.1 Å². The highest BCUT2D eigenvalue weighted by molar-refractivity contribution is 7.94.